The molecule has 0 bridgehead atoms. The van der Waals surface area contributed by atoms with Crippen LogP contribution in [0.2, 0.25) is 0 Å². The van der Waals surface area contributed by atoms with E-state index in [0.717, 1.165) is 0 Å². The monoisotopic (exact) mass is 135 g/mol. The highest BCUT2D eigenvalue weighted by Gasteiger charge is 1.93. The minimum atomic E-state index is 0.557. The van der Waals surface area contributed by atoms with Gasteiger partial charge in [-0.05, 0) is 18.1 Å². The minimum Gasteiger partial charge on any atom is -0.388 e. The molecule has 0 radical (unpaired) electrons. The molecular formula is C9H13N. The normalized spacial score (nSPS) is 23.8. The molecular weight excluding hydrogens is 122 g/mol. The summed E-state index contributed by atoms with van der Waals surface area (Å²) in [4.78, 5) is 0. The summed E-state index contributed by atoms with van der Waals surface area (Å²) < 4.78 is 0. The molecule has 10 heavy (non-hydrogen) atoms. The lowest BCUT2D eigenvalue weighted by Crippen LogP contribution is -2.01. The van der Waals surface area contributed by atoms with Crippen molar-refractivity contribution in [3.63, 3.8) is 0 Å². The summed E-state index contributed by atoms with van der Waals surface area (Å²) >= 11 is 0. The van der Waals surface area contributed by atoms with Crippen LogP contribution in [0.4, 0.5) is 0 Å². The van der Waals surface area contributed by atoms with Crippen LogP contribution in [-0.2, 0) is 0 Å². The molecule has 0 aliphatic heterocycles. The molecule has 1 nitrogen and oxygen atoms in total. The summed E-state index contributed by atoms with van der Waals surface area (Å²) in [5.74, 6) is 0.557. The lowest BCUT2D eigenvalue weighted by molar-refractivity contribution is 0.937. The highest BCUT2D eigenvalue weighted by Crippen LogP contribution is 2.06. The maximum Gasteiger partial charge on any atom is 0.0334 e. The second-order valence-corrected chi connectivity index (χ2v) is 2.48. The van der Waals surface area contributed by atoms with E-state index in [1.54, 1.807) is 0 Å². The molecule has 1 heteroatoms. The Bertz CT molecular complexity index is 187. The van der Waals surface area contributed by atoms with Crippen LogP contribution in [-0.4, -0.2) is 7.05 Å². The predicted octanol–water partition coefficient (Wildman–Crippen LogP) is 1.85. The largest absolute Gasteiger partial charge is 0.388 e. The maximum atomic E-state index is 3.09. The van der Waals surface area contributed by atoms with Crippen molar-refractivity contribution in [2.24, 2.45) is 5.92 Å². The summed E-state index contributed by atoms with van der Waals surface area (Å²) in [6.45, 7) is 2.17. The first-order chi connectivity index (χ1) is 4.83. The molecule has 54 valence electrons. The molecule has 0 spiro atoms. The van der Waals surface area contributed by atoms with E-state index in [4.69, 9.17) is 0 Å². The van der Waals surface area contributed by atoms with E-state index in [-0.39, 0.29) is 0 Å². The van der Waals surface area contributed by atoms with Crippen molar-refractivity contribution in [3.8, 4) is 0 Å². The van der Waals surface area contributed by atoms with Crippen LogP contribution >= 0.6 is 0 Å². The average molecular weight is 135 g/mol. The quantitative estimate of drug-likeness (QED) is 0.578. The van der Waals surface area contributed by atoms with E-state index < -0.39 is 0 Å². The predicted molar refractivity (Wildman–Crippen MR) is 44.6 cm³/mol. The first-order valence-corrected chi connectivity index (χ1v) is 3.57. The zero-order valence-electron chi connectivity index (χ0n) is 6.46. The number of nitrogens with one attached hydrogen (secondary N) is 1. The summed E-state index contributed by atoms with van der Waals surface area (Å²) in [6.07, 6.45) is 10.6. The van der Waals surface area contributed by atoms with Gasteiger partial charge in [-0.15, -0.1) is 0 Å². The third-order valence-electron chi connectivity index (χ3n) is 1.56. The van der Waals surface area contributed by atoms with E-state index >= 15 is 0 Å². The van der Waals surface area contributed by atoms with Crippen molar-refractivity contribution in [1.29, 1.82) is 0 Å². The van der Waals surface area contributed by atoms with Gasteiger partial charge >= 0.3 is 0 Å². The minimum absolute atomic E-state index is 0.557. The summed E-state index contributed by atoms with van der Waals surface area (Å²) in [5, 5.41) is 3.09. The molecule has 0 amide bonds. The molecule has 0 fully saturated rings. The molecule has 1 rings (SSSR count). The van der Waals surface area contributed by atoms with Crippen molar-refractivity contribution in [3.05, 3.63) is 36.1 Å². The molecule has 1 aliphatic carbocycles. The second-order valence-electron chi connectivity index (χ2n) is 2.48. The Morgan fingerprint density at radius 3 is 2.90 bits per heavy atom. The van der Waals surface area contributed by atoms with Gasteiger partial charge in [-0.2, -0.15) is 0 Å². The Hall–Kier alpha value is -0.980. The van der Waals surface area contributed by atoms with Crippen molar-refractivity contribution in [1.82, 2.24) is 5.32 Å². The van der Waals surface area contributed by atoms with Gasteiger partial charge in [-0.3, -0.25) is 0 Å². The fraction of sp³-hybridized carbons (Fsp3) is 0.333. The fourth-order valence-electron chi connectivity index (χ4n) is 0.876. The van der Waals surface area contributed by atoms with Crippen molar-refractivity contribution >= 4 is 0 Å². The molecule has 0 saturated heterocycles. The highest BCUT2D eigenvalue weighted by molar-refractivity contribution is 5.26. The number of hydrogen-bond donors (Lipinski definition) is 1. The van der Waals surface area contributed by atoms with Gasteiger partial charge in [0.15, 0.2) is 0 Å². The first-order valence-electron chi connectivity index (χ1n) is 3.57. The third-order valence-corrected chi connectivity index (χ3v) is 1.56. The fourth-order valence-corrected chi connectivity index (χ4v) is 0.876. The smallest absolute Gasteiger partial charge is 0.0334 e. The molecule has 1 atom stereocenters. The van der Waals surface area contributed by atoms with Crippen molar-refractivity contribution < 1.29 is 0 Å². The van der Waals surface area contributed by atoms with Gasteiger partial charge in [0.1, 0.15) is 0 Å². The van der Waals surface area contributed by atoms with E-state index in [1.165, 1.54) is 5.70 Å². The molecule has 1 aliphatic rings. The van der Waals surface area contributed by atoms with Crippen LogP contribution in [0.1, 0.15) is 6.92 Å². The van der Waals surface area contributed by atoms with Crippen LogP contribution in [0.15, 0.2) is 36.1 Å². The Labute approximate surface area is 62.1 Å². The van der Waals surface area contributed by atoms with Gasteiger partial charge in [0.2, 0.25) is 0 Å². The van der Waals surface area contributed by atoms with Crippen LogP contribution < -0.4 is 5.32 Å². The summed E-state index contributed by atoms with van der Waals surface area (Å²) in [7, 11) is 1.93. The molecule has 1 N–H and O–H groups in total. The van der Waals surface area contributed by atoms with Gasteiger partial charge in [0.25, 0.3) is 0 Å². The van der Waals surface area contributed by atoms with Gasteiger partial charge in [-0.1, -0.05) is 25.2 Å². The van der Waals surface area contributed by atoms with Crippen molar-refractivity contribution in [2.45, 2.75) is 6.92 Å². The average Bonchev–Trinajstić information content (AvgIpc) is 2.14. The summed E-state index contributed by atoms with van der Waals surface area (Å²) in [6, 6.07) is 0. The second kappa shape index (κ2) is 3.25. The van der Waals surface area contributed by atoms with E-state index in [2.05, 4.69) is 42.6 Å². The SMILES string of the molecule is CNC1=CC=CC(C)C=C1. The zero-order chi connectivity index (χ0) is 7.40. The van der Waals surface area contributed by atoms with Crippen molar-refractivity contribution in [2.75, 3.05) is 7.05 Å². The third kappa shape index (κ3) is 1.76. The van der Waals surface area contributed by atoms with Crippen LogP contribution in [0.3, 0.4) is 0 Å². The highest BCUT2D eigenvalue weighted by atomic mass is 14.8. The van der Waals surface area contributed by atoms with Gasteiger partial charge in [-0.25, -0.2) is 0 Å². The van der Waals surface area contributed by atoms with Crippen LogP contribution in [0.25, 0.3) is 0 Å². The first kappa shape index (κ1) is 7.13. The zero-order valence-corrected chi connectivity index (χ0v) is 6.46. The van der Waals surface area contributed by atoms with E-state index in [0.29, 0.717) is 5.92 Å². The lowest BCUT2D eigenvalue weighted by atomic mass is 10.2. The molecule has 0 saturated carbocycles. The Morgan fingerprint density at radius 2 is 2.20 bits per heavy atom. The number of hydrogen-bond acceptors (Lipinski definition) is 1. The molecule has 0 aromatic carbocycles. The topological polar surface area (TPSA) is 12.0 Å². The van der Waals surface area contributed by atoms with Gasteiger partial charge in [0.05, 0.1) is 0 Å². The number of likely N-dealkylation sites (N-methyl/N-ethyl adjacent to an activating group) is 1. The standard InChI is InChI=1S/C9H13N/c1-8-4-3-5-9(10-2)7-6-8/h3-8,10H,1-2H3. The van der Waals surface area contributed by atoms with Crippen LogP contribution in [0, 0.1) is 5.92 Å². The molecule has 0 aromatic heterocycles. The lowest BCUT2D eigenvalue weighted by Gasteiger charge is -1.96. The van der Waals surface area contributed by atoms with Crippen LogP contribution in [0.5, 0.6) is 0 Å². The number of rotatable bonds is 1. The van der Waals surface area contributed by atoms with Gasteiger partial charge < -0.3 is 5.32 Å². The molecule has 1 unspecified atom stereocenters. The van der Waals surface area contributed by atoms with Gasteiger partial charge in [0, 0.05) is 12.7 Å². The Balaban J connectivity index is 2.71. The number of allylic oxidation sites excluding steroid dienone is 5. The van der Waals surface area contributed by atoms with E-state index in [1.807, 2.05) is 7.05 Å². The maximum absolute atomic E-state index is 3.09. The molecule has 0 aromatic rings. The summed E-state index contributed by atoms with van der Waals surface area (Å²) in [5.41, 5.74) is 1.17. The van der Waals surface area contributed by atoms with E-state index in [9.17, 15) is 0 Å². The Kier molecular flexibility index (Phi) is 2.32. The Morgan fingerprint density at radius 1 is 1.40 bits per heavy atom. The molecule has 0 heterocycles.